The predicted octanol–water partition coefficient (Wildman–Crippen LogP) is 2.09. The highest BCUT2D eigenvalue weighted by Crippen LogP contribution is 2.13. The van der Waals surface area contributed by atoms with E-state index in [0.29, 0.717) is 18.0 Å². The summed E-state index contributed by atoms with van der Waals surface area (Å²) in [4.78, 5) is 25.0. The van der Waals surface area contributed by atoms with Gasteiger partial charge in [0.15, 0.2) is 0 Å². The summed E-state index contributed by atoms with van der Waals surface area (Å²) < 4.78 is 0. The first kappa shape index (κ1) is 17.7. The summed E-state index contributed by atoms with van der Waals surface area (Å²) in [7, 11) is 1.69. The van der Waals surface area contributed by atoms with Gasteiger partial charge in [-0.15, -0.1) is 0 Å². The molecule has 0 saturated carbocycles. The number of amides is 3. The molecule has 0 heterocycles. The lowest BCUT2D eigenvalue weighted by atomic mass is 10.1. The lowest BCUT2D eigenvalue weighted by Crippen LogP contribution is -2.49. The van der Waals surface area contributed by atoms with Crippen molar-refractivity contribution in [3.8, 4) is 0 Å². The number of thioether (sulfide) groups is 1. The maximum absolute atomic E-state index is 12.4. The summed E-state index contributed by atoms with van der Waals surface area (Å²) >= 11 is 7.54. The van der Waals surface area contributed by atoms with E-state index in [9.17, 15) is 9.59 Å². The molecule has 0 fully saturated rings. The minimum atomic E-state index is -0.689. The SMILES string of the molecule is CSCCC(NC(N)=O)C(=O)N(C)Cc1cccc(Cl)c1. The molecular weight excluding hydrogens is 310 g/mol. The molecule has 1 atom stereocenters. The molecule has 7 heteroatoms. The molecule has 0 aliphatic rings. The summed E-state index contributed by atoms with van der Waals surface area (Å²) in [6.07, 6.45) is 2.49. The van der Waals surface area contributed by atoms with Gasteiger partial charge in [-0.3, -0.25) is 4.79 Å². The highest BCUT2D eigenvalue weighted by atomic mass is 35.5. The van der Waals surface area contributed by atoms with E-state index in [1.165, 1.54) is 0 Å². The molecule has 1 unspecified atom stereocenters. The predicted molar refractivity (Wildman–Crippen MR) is 87.4 cm³/mol. The fourth-order valence-corrected chi connectivity index (χ4v) is 2.60. The highest BCUT2D eigenvalue weighted by Gasteiger charge is 2.22. The first-order valence-corrected chi connectivity index (χ1v) is 8.25. The van der Waals surface area contributed by atoms with Crippen LogP contribution < -0.4 is 11.1 Å². The second kappa shape index (κ2) is 8.79. The fourth-order valence-electron chi connectivity index (χ4n) is 1.92. The van der Waals surface area contributed by atoms with Crippen LogP contribution in [-0.2, 0) is 11.3 Å². The molecule has 3 N–H and O–H groups in total. The first-order valence-electron chi connectivity index (χ1n) is 6.48. The van der Waals surface area contributed by atoms with Crippen LogP contribution in [0.15, 0.2) is 24.3 Å². The summed E-state index contributed by atoms with van der Waals surface area (Å²) in [5, 5.41) is 3.13. The van der Waals surface area contributed by atoms with Crippen LogP contribution in [0.25, 0.3) is 0 Å². The molecule has 1 rings (SSSR count). The van der Waals surface area contributed by atoms with Gasteiger partial charge in [-0.2, -0.15) is 11.8 Å². The van der Waals surface area contributed by atoms with E-state index in [4.69, 9.17) is 17.3 Å². The number of hydrogen-bond donors (Lipinski definition) is 2. The summed E-state index contributed by atoms with van der Waals surface area (Å²) in [6, 6.07) is 6.04. The average Bonchev–Trinajstić information content (AvgIpc) is 2.42. The number of carbonyl (C=O) groups excluding carboxylic acids is 2. The van der Waals surface area contributed by atoms with Gasteiger partial charge in [0, 0.05) is 18.6 Å². The molecule has 5 nitrogen and oxygen atoms in total. The molecule has 0 aliphatic heterocycles. The van der Waals surface area contributed by atoms with Gasteiger partial charge in [0.05, 0.1) is 0 Å². The van der Waals surface area contributed by atoms with Crippen molar-refractivity contribution >= 4 is 35.3 Å². The van der Waals surface area contributed by atoms with Crippen LogP contribution in [0.4, 0.5) is 4.79 Å². The Hall–Kier alpha value is -1.40. The van der Waals surface area contributed by atoms with Crippen molar-refractivity contribution in [1.29, 1.82) is 0 Å². The normalized spacial score (nSPS) is 11.8. The maximum Gasteiger partial charge on any atom is 0.312 e. The van der Waals surface area contributed by atoms with Gasteiger partial charge < -0.3 is 16.0 Å². The Morgan fingerprint density at radius 3 is 2.76 bits per heavy atom. The Bertz CT molecular complexity index is 499. The van der Waals surface area contributed by atoms with Crippen LogP contribution in [0.5, 0.6) is 0 Å². The number of nitrogens with two attached hydrogens (primary N) is 1. The Balaban J connectivity index is 2.70. The Morgan fingerprint density at radius 1 is 1.48 bits per heavy atom. The van der Waals surface area contributed by atoms with Gasteiger partial charge in [0.25, 0.3) is 0 Å². The third-order valence-corrected chi connectivity index (χ3v) is 3.79. The molecule has 1 aromatic carbocycles. The van der Waals surface area contributed by atoms with Crippen molar-refractivity contribution in [2.45, 2.75) is 19.0 Å². The van der Waals surface area contributed by atoms with Crippen LogP contribution in [-0.4, -0.2) is 41.9 Å². The number of nitrogens with zero attached hydrogens (tertiary/aromatic N) is 1. The van der Waals surface area contributed by atoms with E-state index in [-0.39, 0.29) is 5.91 Å². The number of likely N-dealkylation sites (N-methyl/N-ethyl adjacent to an activating group) is 1. The minimum absolute atomic E-state index is 0.164. The number of benzene rings is 1. The largest absolute Gasteiger partial charge is 0.352 e. The van der Waals surface area contributed by atoms with Gasteiger partial charge in [-0.25, -0.2) is 4.79 Å². The number of primary amides is 1. The van der Waals surface area contributed by atoms with E-state index in [0.717, 1.165) is 11.3 Å². The van der Waals surface area contributed by atoms with Gasteiger partial charge >= 0.3 is 6.03 Å². The first-order chi connectivity index (χ1) is 9.93. The molecule has 3 amide bonds. The third-order valence-electron chi connectivity index (χ3n) is 2.91. The fraction of sp³-hybridized carbons (Fsp3) is 0.429. The van der Waals surface area contributed by atoms with Crippen LogP contribution in [0.1, 0.15) is 12.0 Å². The molecule has 0 spiro atoms. The van der Waals surface area contributed by atoms with Gasteiger partial charge in [-0.05, 0) is 36.1 Å². The van der Waals surface area contributed by atoms with Crippen LogP contribution in [0.2, 0.25) is 5.02 Å². The molecular formula is C14H20ClN3O2S. The van der Waals surface area contributed by atoms with Gasteiger partial charge in [0.2, 0.25) is 5.91 Å². The number of halogens is 1. The zero-order valence-electron chi connectivity index (χ0n) is 12.1. The molecule has 21 heavy (non-hydrogen) atoms. The number of carbonyl (C=O) groups is 2. The number of rotatable bonds is 7. The second-order valence-corrected chi connectivity index (χ2v) is 6.09. The quantitative estimate of drug-likeness (QED) is 0.804. The lowest BCUT2D eigenvalue weighted by molar-refractivity contribution is -0.132. The molecule has 0 aliphatic carbocycles. The highest BCUT2D eigenvalue weighted by molar-refractivity contribution is 7.98. The van der Waals surface area contributed by atoms with E-state index >= 15 is 0 Å². The van der Waals surface area contributed by atoms with Crippen molar-refractivity contribution in [1.82, 2.24) is 10.2 Å². The molecule has 1 aromatic rings. The van der Waals surface area contributed by atoms with Gasteiger partial charge in [-0.1, -0.05) is 23.7 Å². The topological polar surface area (TPSA) is 75.4 Å². The smallest absolute Gasteiger partial charge is 0.312 e. The standard InChI is InChI=1S/C14H20ClN3O2S/c1-18(9-10-4-3-5-11(15)8-10)13(19)12(6-7-21-2)17-14(16)20/h3-5,8,12H,6-7,9H2,1-2H3,(H3,16,17,20). The lowest BCUT2D eigenvalue weighted by Gasteiger charge is -2.24. The average molecular weight is 330 g/mol. The Morgan fingerprint density at radius 2 is 2.19 bits per heavy atom. The van der Waals surface area contributed by atoms with Crippen LogP contribution >= 0.6 is 23.4 Å². The second-order valence-electron chi connectivity index (χ2n) is 4.67. The van der Waals surface area contributed by atoms with E-state index in [1.807, 2.05) is 24.5 Å². The monoisotopic (exact) mass is 329 g/mol. The zero-order valence-corrected chi connectivity index (χ0v) is 13.7. The van der Waals surface area contributed by atoms with Crippen molar-refractivity contribution in [3.05, 3.63) is 34.9 Å². The minimum Gasteiger partial charge on any atom is -0.352 e. The van der Waals surface area contributed by atoms with Crippen LogP contribution in [0.3, 0.4) is 0 Å². The van der Waals surface area contributed by atoms with Crippen molar-refractivity contribution < 1.29 is 9.59 Å². The third kappa shape index (κ3) is 6.27. The maximum atomic E-state index is 12.4. The Kier molecular flexibility index (Phi) is 7.39. The molecule has 0 aromatic heterocycles. The molecule has 0 bridgehead atoms. The summed E-state index contributed by atoms with van der Waals surface area (Å²) in [5.41, 5.74) is 6.06. The summed E-state index contributed by atoms with van der Waals surface area (Å²) in [5.74, 6) is 0.602. The van der Waals surface area contributed by atoms with Crippen molar-refractivity contribution in [2.75, 3.05) is 19.1 Å². The number of hydrogen-bond acceptors (Lipinski definition) is 3. The number of urea groups is 1. The number of nitrogens with one attached hydrogen (secondary N) is 1. The molecule has 0 radical (unpaired) electrons. The van der Waals surface area contributed by atoms with Crippen LogP contribution in [0, 0.1) is 0 Å². The van der Waals surface area contributed by atoms with E-state index in [2.05, 4.69) is 5.32 Å². The van der Waals surface area contributed by atoms with E-state index in [1.54, 1.807) is 29.8 Å². The van der Waals surface area contributed by atoms with E-state index < -0.39 is 12.1 Å². The van der Waals surface area contributed by atoms with Gasteiger partial charge in [0.1, 0.15) is 6.04 Å². The Labute approximate surface area is 134 Å². The molecule has 116 valence electrons. The van der Waals surface area contributed by atoms with Crippen molar-refractivity contribution in [3.63, 3.8) is 0 Å². The van der Waals surface area contributed by atoms with Crippen molar-refractivity contribution in [2.24, 2.45) is 5.73 Å². The summed E-state index contributed by atoms with van der Waals surface area (Å²) in [6.45, 7) is 0.426. The molecule has 0 saturated heterocycles. The zero-order chi connectivity index (χ0) is 15.8.